The van der Waals surface area contributed by atoms with Crippen LogP contribution in [0.4, 0.5) is 0 Å². The van der Waals surface area contributed by atoms with Crippen LogP contribution in [0.3, 0.4) is 0 Å². The smallest absolute Gasteiger partial charge is 0.254 e. The molecule has 1 atom stereocenters. The Bertz CT molecular complexity index is 906. The number of nitrogens with zero attached hydrogens (tertiary/aromatic N) is 3. The average Bonchev–Trinajstić information content (AvgIpc) is 3.28. The highest BCUT2D eigenvalue weighted by molar-refractivity contribution is 5.95. The van der Waals surface area contributed by atoms with Gasteiger partial charge in [-0.05, 0) is 49.1 Å². The van der Waals surface area contributed by atoms with Gasteiger partial charge in [-0.1, -0.05) is 24.3 Å². The highest BCUT2D eigenvalue weighted by atomic mass is 16.5. The second-order valence-electron chi connectivity index (χ2n) is 6.70. The molecule has 0 saturated carbocycles. The molecule has 27 heavy (non-hydrogen) atoms. The molecule has 3 aromatic rings. The van der Waals surface area contributed by atoms with E-state index in [4.69, 9.17) is 4.74 Å². The minimum Gasteiger partial charge on any atom is -0.497 e. The Balaban J connectivity index is 1.58. The molecule has 6 heteroatoms. The van der Waals surface area contributed by atoms with E-state index in [1.54, 1.807) is 7.11 Å². The summed E-state index contributed by atoms with van der Waals surface area (Å²) in [6.45, 7) is 0.768. The number of rotatable bonds is 4. The van der Waals surface area contributed by atoms with Gasteiger partial charge in [0.25, 0.3) is 5.91 Å². The van der Waals surface area contributed by atoms with Crippen molar-refractivity contribution in [3.8, 4) is 17.1 Å². The van der Waals surface area contributed by atoms with Crippen molar-refractivity contribution < 1.29 is 9.53 Å². The minimum atomic E-state index is 0.0617. The zero-order valence-electron chi connectivity index (χ0n) is 15.3. The summed E-state index contributed by atoms with van der Waals surface area (Å²) in [6.07, 6.45) is 4.59. The normalized spacial score (nSPS) is 16.9. The van der Waals surface area contributed by atoms with E-state index in [-0.39, 0.29) is 11.9 Å². The average molecular weight is 362 g/mol. The first-order valence-corrected chi connectivity index (χ1v) is 9.17. The molecule has 0 bridgehead atoms. The number of H-pyrrole nitrogens is 1. The number of carbonyl (C=O) groups excluding carboxylic acids is 1. The SMILES string of the molecule is COc1cccc([C@@H]2CCCCN2C(=O)c2ccc(-c3ncn[nH]3)cc2)c1. The Morgan fingerprint density at radius 1 is 1.19 bits per heavy atom. The fourth-order valence-electron chi connectivity index (χ4n) is 3.65. The van der Waals surface area contributed by atoms with Gasteiger partial charge < -0.3 is 9.64 Å². The molecule has 0 radical (unpaired) electrons. The van der Waals surface area contributed by atoms with Gasteiger partial charge in [-0.25, -0.2) is 4.98 Å². The zero-order valence-corrected chi connectivity index (χ0v) is 15.3. The topological polar surface area (TPSA) is 71.1 Å². The fraction of sp³-hybridized carbons (Fsp3) is 0.286. The quantitative estimate of drug-likeness (QED) is 0.765. The van der Waals surface area contributed by atoms with Crippen LogP contribution in [0, 0.1) is 0 Å². The number of amides is 1. The van der Waals surface area contributed by atoms with Crippen LogP contribution in [0.2, 0.25) is 0 Å². The van der Waals surface area contributed by atoms with Crippen molar-refractivity contribution in [1.29, 1.82) is 0 Å². The largest absolute Gasteiger partial charge is 0.497 e. The number of methoxy groups -OCH3 is 1. The van der Waals surface area contributed by atoms with Crippen LogP contribution < -0.4 is 4.74 Å². The molecule has 0 unspecified atom stereocenters. The number of likely N-dealkylation sites (tertiary alicyclic amines) is 1. The Kier molecular flexibility index (Phi) is 4.87. The van der Waals surface area contributed by atoms with Gasteiger partial charge in [0.05, 0.1) is 13.2 Å². The van der Waals surface area contributed by atoms with Gasteiger partial charge in [-0.3, -0.25) is 9.89 Å². The molecule has 1 N–H and O–H groups in total. The van der Waals surface area contributed by atoms with E-state index in [0.29, 0.717) is 11.4 Å². The first-order valence-electron chi connectivity index (χ1n) is 9.17. The molecule has 0 spiro atoms. The monoisotopic (exact) mass is 362 g/mol. The Labute approximate surface area is 158 Å². The summed E-state index contributed by atoms with van der Waals surface area (Å²) in [5.41, 5.74) is 2.72. The number of nitrogens with one attached hydrogen (secondary N) is 1. The van der Waals surface area contributed by atoms with Gasteiger partial charge in [-0.2, -0.15) is 5.10 Å². The molecule has 138 valence electrons. The third kappa shape index (κ3) is 3.56. The number of benzene rings is 2. The van der Waals surface area contributed by atoms with Crippen LogP contribution in [0.15, 0.2) is 54.9 Å². The predicted molar refractivity (Wildman–Crippen MR) is 102 cm³/mol. The van der Waals surface area contributed by atoms with Crippen molar-refractivity contribution in [2.24, 2.45) is 0 Å². The summed E-state index contributed by atoms with van der Waals surface area (Å²) in [4.78, 5) is 19.3. The third-order valence-corrected chi connectivity index (χ3v) is 5.06. The van der Waals surface area contributed by atoms with Crippen LogP contribution in [-0.4, -0.2) is 39.6 Å². The van der Waals surface area contributed by atoms with E-state index in [2.05, 4.69) is 21.2 Å². The van der Waals surface area contributed by atoms with Gasteiger partial charge in [0, 0.05) is 17.7 Å². The van der Waals surface area contributed by atoms with E-state index in [0.717, 1.165) is 42.7 Å². The number of ether oxygens (including phenoxy) is 1. The van der Waals surface area contributed by atoms with Crippen LogP contribution in [-0.2, 0) is 0 Å². The molecular weight excluding hydrogens is 340 g/mol. The predicted octanol–water partition coefficient (Wildman–Crippen LogP) is 3.85. The number of aromatic amines is 1. The fourth-order valence-corrected chi connectivity index (χ4v) is 3.65. The van der Waals surface area contributed by atoms with Gasteiger partial charge in [-0.15, -0.1) is 0 Å². The lowest BCUT2D eigenvalue weighted by Crippen LogP contribution is -2.38. The number of carbonyl (C=O) groups is 1. The van der Waals surface area contributed by atoms with Gasteiger partial charge in [0.2, 0.25) is 0 Å². The lowest BCUT2D eigenvalue weighted by Gasteiger charge is -2.36. The summed E-state index contributed by atoms with van der Waals surface area (Å²) in [5.74, 6) is 1.58. The number of hydrogen-bond acceptors (Lipinski definition) is 4. The molecule has 2 aromatic carbocycles. The molecule has 1 aliphatic rings. The minimum absolute atomic E-state index is 0.0617. The van der Waals surface area contributed by atoms with Crippen molar-refractivity contribution in [1.82, 2.24) is 20.1 Å². The van der Waals surface area contributed by atoms with Crippen molar-refractivity contribution >= 4 is 5.91 Å². The lowest BCUT2D eigenvalue weighted by molar-refractivity contribution is 0.0611. The molecule has 1 saturated heterocycles. The standard InChI is InChI=1S/C21H22N4O2/c1-27-18-6-4-5-17(13-18)19-7-2-3-12-25(19)21(26)16-10-8-15(9-11-16)20-22-14-23-24-20/h4-6,8-11,13-14,19H,2-3,7,12H2,1H3,(H,22,23,24)/t19-/m0/s1. The lowest BCUT2D eigenvalue weighted by atomic mass is 9.94. The van der Waals surface area contributed by atoms with Crippen LogP contribution >= 0.6 is 0 Å². The summed E-state index contributed by atoms with van der Waals surface area (Å²) < 4.78 is 5.36. The van der Waals surface area contributed by atoms with Crippen LogP contribution in [0.5, 0.6) is 5.75 Å². The van der Waals surface area contributed by atoms with Crippen molar-refractivity contribution in [2.75, 3.05) is 13.7 Å². The summed E-state index contributed by atoms with van der Waals surface area (Å²) in [6, 6.07) is 15.6. The second kappa shape index (κ2) is 7.61. The molecule has 4 rings (SSSR count). The highest BCUT2D eigenvalue weighted by Gasteiger charge is 2.29. The Morgan fingerprint density at radius 2 is 2.04 bits per heavy atom. The molecule has 1 amide bonds. The van der Waals surface area contributed by atoms with E-state index >= 15 is 0 Å². The Morgan fingerprint density at radius 3 is 2.78 bits per heavy atom. The van der Waals surface area contributed by atoms with E-state index in [1.807, 2.05) is 47.4 Å². The third-order valence-electron chi connectivity index (χ3n) is 5.06. The highest BCUT2D eigenvalue weighted by Crippen LogP contribution is 2.33. The Hall–Kier alpha value is -3.15. The van der Waals surface area contributed by atoms with Crippen LogP contribution in [0.1, 0.15) is 41.2 Å². The van der Waals surface area contributed by atoms with Crippen molar-refractivity contribution in [3.63, 3.8) is 0 Å². The summed E-state index contributed by atoms with van der Waals surface area (Å²) in [5, 5.41) is 6.70. The van der Waals surface area contributed by atoms with Crippen LogP contribution in [0.25, 0.3) is 11.4 Å². The first kappa shape index (κ1) is 17.3. The van der Waals surface area contributed by atoms with Gasteiger partial charge in [0.15, 0.2) is 5.82 Å². The molecule has 1 aliphatic heterocycles. The second-order valence-corrected chi connectivity index (χ2v) is 6.70. The molecule has 1 aromatic heterocycles. The molecule has 0 aliphatic carbocycles. The summed E-state index contributed by atoms with van der Waals surface area (Å²) in [7, 11) is 1.67. The van der Waals surface area contributed by atoms with Gasteiger partial charge in [0.1, 0.15) is 12.1 Å². The number of piperidine rings is 1. The molecule has 2 heterocycles. The first-order chi connectivity index (χ1) is 13.3. The maximum Gasteiger partial charge on any atom is 0.254 e. The number of hydrogen-bond donors (Lipinski definition) is 1. The van der Waals surface area contributed by atoms with E-state index < -0.39 is 0 Å². The summed E-state index contributed by atoms with van der Waals surface area (Å²) >= 11 is 0. The van der Waals surface area contributed by atoms with E-state index in [9.17, 15) is 4.79 Å². The maximum atomic E-state index is 13.2. The molecular formula is C21H22N4O2. The van der Waals surface area contributed by atoms with Crippen molar-refractivity contribution in [2.45, 2.75) is 25.3 Å². The molecule has 1 fully saturated rings. The zero-order chi connectivity index (χ0) is 18.6. The van der Waals surface area contributed by atoms with Gasteiger partial charge >= 0.3 is 0 Å². The molecule has 6 nitrogen and oxygen atoms in total. The maximum absolute atomic E-state index is 13.2. The number of aromatic nitrogens is 3. The van der Waals surface area contributed by atoms with Crippen molar-refractivity contribution in [3.05, 3.63) is 66.0 Å². The van der Waals surface area contributed by atoms with E-state index in [1.165, 1.54) is 6.33 Å².